The summed E-state index contributed by atoms with van der Waals surface area (Å²) in [6.45, 7) is 3.03. The number of likely N-dealkylation sites (N-methyl/N-ethyl adjacent to an activating group) is 1. The minimum absolute atomic E-state index is 0.956. The summed E-state index contributed by atoms with van der Waals surface area (Å²) in [5, 5.41) is 5.26. The van der Waals surface area contributed by atoms with E-state index in [1.807, 2.05) is 7.05 Å². The van der Waals surface area contributed by atoms with E-state index in [0.717, 1.165) is 29.0 Å². The Morgan fingerprint density at radius 1 is 1.53 bits per heavy atom. The van der Waals surface area contributed by atoms with E-state index >= 15 is 0 Å². The highest BCUT2D eigenvalue weighted by molar-refractivity contribution is 9.10. The second kappa shape index (κ2) is 5.33. The molecule has 0 saturated heterocycles. The number of thiophene rings is 1. The number of nitrogens with one attached hydrogen (secondary N) is 1. The van der Waals surface area contributed by atoms with Crippen LogP contribution in [0.5, 0.6) is 0 Å². The van der Waals surface area contributed by atoms with Crippen LogP contribution in [-0.2, 0) is 13.5 Å². The van der Waals surface area contributed by atoms with Gasteiger partial charge in [0.15, 0.2) is 0 Å². The molecule has 0 aliphatic rings. The van der Waals surface area contributed by atoms with Gasteiger partial charge in [-0.15, -0.1) is 11.3 Å². The molecule has 0 fully saturated rings. The summed E-state index contributed by atoms with van der Waals surface area (Å²) in [6.07, 6.45) is 0.959. The summed E-state index contributed by atoms with van der Waals surface area (Å²) < 4.78 is 3.33. The van der Waals surface area contributed by atoms with E-state index in [2.05, 4.69) is 56.2 Å². The van der Waals surface area contributed by atoms with Crippen LogP contribution in [0.15, 0.2) is 15.9 Å². The predicted molar refractivity (Wildman–Crippen MR) is 76.6 cm³/mol. The van der Waals surface area contributed by atoms with Crippen molar-refractivity contribution < 1.29 is 0 Å². The Morgan fingerprint density at radius 3 is 2.88 bits per heavy atom. The lowest BCUT2D eigenvalue weighted by Gasteiger charge is -2.04. The summed E-state index contributed by atoms with van der Waals surface area (Å²) in [5.74, 6) is 1.14. The molecule has 0 amide bonds. The van der Waals surface area contributed by atoms with E-state index in [-0.39, 0.29) is 0 Å². The topological polar surface area (TPSA) is 29.9 Å². The van der Waals surface area contributed by atoms with Gasteiger partial charge in [0.2, 0.25) is 0 Å². The number of hydrogen-bond donors (Lipinski definition) is 1. The zero-order valence-corrected chi connectivity index (χ0v) is 12.7. The maximum atomic E-state index is 4.65. The molecule has 0 bridgehead atoms. The van der Waals surface area contributed by atoms with Crippen molar-refractivity contribution in [2.24, 2.45) is 7.05 Å². The third kappa shape index (κ3) is 2.61. The Morgan fingerprint density at radius 2 is 2.29 bits per heavy atom. The van der Waals surface area contributed by atoms with Gasteiger partial charge in [0.25, 0.3) is 0 Å². The van der Waals surface area contributed by atoms with Gasteiger partial charge in [-0.2, -0.15) is 0 Å². The fourth-order valence-corrected chi connectivity index (χ4v) is 3.49. The predicted octanol–water partition coefficient (Wildman–Crippen LogP) is 2.98. The van der Waals surface area contributed by atoms with Gasteiger partial charge < -0.3 is 9.88 Å². The van der Waals surface area contributed by atoms with Crippen LogP contribution in [0, 0.1) is 6.92 Å². The molecule has 2 heterocycles. The second-order valence-electron chi connectivity index (χ2n) is 4.00. The van der Waals surface area contributed by atoms with Crippen LogP contribution in [0.1, 0.15) is 11.5 Å². The quantitative estimate of drug-likeness (QED) is 0.940. The van der Waals surface area contributed by atoms with Crippen molar-refractivity contribution in [1.29, 1.82) is 0 Å². The standard InChI is InChI=1S/C12H16BrN3S/c1-8-12(10-6-9(13)7-17-10)16(3)11(15-8)4-5-14-2/h6-7,14H,4-5H2,1-3H3. The largest absolute Gasteiger partial charge is 0.330 e. The van der Waals surface area contributed by atoms with E-state index in [1.165, 1.54) is 10.6 Å². The Hall–Kier alpha value is -0.650. The number of hydrogen-bond acceptors (Lipinski definition) is 3. The van der Waals surface area contributed by atoms with Gasteiger partial charge in [0.1, 0.15) is 5.82 Å². The Kier molecular flexibility index (Phi) is 4.01. The van der Waals surface area contributed by atoms with Crippen LogP contribution < -0.4 is 5.32 Å². The van der Waals surface area contributed by atoms with Crippen LogP contribution in [0.3, 0.4) is 0 Å². The molecule has 5 heteroatoms. The second-order valence-corrected chi connectivity index (χ2v) is 5.83. The molecule has 0 aromatic carbocycles. The number of rotatable bonds is 4. The first kappa shape index (κ1) is 12.8. The molecule has 0 saturated carbocycles. The summed E-state index contributed by atoms with van der Waals surface area (Å²) in [4.78, 5) is 5.91. The average Bonchev–Trinajstić information content (AvgIpc) is 2.81. The summed E-state index contributed by atoms with van der Waals surface area (Å²) in [6, 6.07) is 2.15. The summed E-state index contributed by atoms with van der Waals surface area (Å²) in [7, 11) is 4.06. The van der Waals surface area contributed by atoms with Crippen LogP contribution in [0.2, 0.25) is 0 Å². The maximum Gasteiger partial charge on any atom is 0.110 e. The molecular formula is C12H16BrN3S. The number of halogens is 1. The third-order valence-corrected chi connectivity index (χ3v) is 4.46. The molecular weight excluding hydrogens is 298 g/mol. The van der Waals surface area contributed by atoms with Crippen molar-refractivity contribution >= 4 is 27.3 Å². The lowest BCUT2D eigenvalue weighted by Crippen LogP contribution is -2.13. The van der Waals surface area contributed by atoms with Gasteiger partial charge in [0, 0.05) is 29.9 Å². The zero-order chi connectivity index (χ0) is 12.4. The van der Waals surface area contributed by atoms with Crippen LogP contribution in [-0.4, -0.2) is 23.1 Å². The average molecular weight is 314 g/mol. The molecule has 0 unspecified atom stereocenters. The van der Waals surface area contributed by atoms with Gasteiger partial charge >= 0.3 is 0 Å². The number of imidazole rings is 1. The van der Waals surface area contributed by atoms with Crippen LogP contribution in [0.25, 0.3) is 10.6 Å². The fourth-order valence-electron chi connectivity index (χ4n) is 1.93. The molecule has 1 N–H and O–H groups in total. The lowest BCUT2D eigenvalue weighted by molar-refractivity contribution is 0.720. The first-order chi connectivity index (χ1) is 8.13. The number of nitrogens with zero attached hydrogens (tertiary/aromatic N) is 2. The number of aromatic nitrogens is 2. The minimum Gasteiger partial charge on any atom is -0.330 e. The zero-order valence-electron chi connectivity index (χ0n) is 10.2. The van der Waals surface area contributed by atoms with Gasteiger partial charge in [0.05, 0.1) is 16.3 Å². The van der Waals surface area contributed by atoms with Crippen molar-refractivity contribution in [2.75, 3.05) is 13.6 Å². The summed E-state index contributed by atoms with van der Waals surface area (Å²) >= 11 is 5.24. The molecule has 0 aliphatic heterocycles. The van der Waals surface area contributed by atoms with E-state index in [1.54, 1.807) is 11.3 Å². The Balaban J connectivity index is 2.37. The summed E-state index contributed by atoms with van der Waals surface area (Å²) in [5.41, 5.74) is 2.33. The van der Waals surface area contributed by atoms with Crippen molar-refractivity contribution in [3.8, 4) is 10.6 Å². The first-order valence-corrected chi connectivity index (χ1v) is 7.22. The Labute approximate surface area is 114 Å². The van der Waals surface area contributed by atoms with E-state index in [9.17, 15) is 0 Å². The van der Waals surface area contributed by atoms with Crippen LogP contribution >= 0.6 is 27.3 Å². The first-order valence-electron chi connectivity index (χ1n) is 5.54. The molecule has 2 rings (SSSR count). The van der Waals surface area contributed by atoms with Gasteiger partial charge in [-0.3, -0.25) is 0 Å². The van der Waals surface area contributed by atoms with Gasteiger partial charge in [-0.05, 0) is 36.0 Å². The molecule has 0 aliphatic carbocycles. The normalized spacial score (nSPS) is 11.1. The monoisotopic (exact) mass is 313 g/mol. The highest BCUT2D eigenvalue weighted by Crippen LogP contribution is 2.32. The van der Waals surface area contributed by atoms with Crippen molar-refractivity contribution in [3.63, 3.8) is 0 Å². The molecule has 0 spiro atoms. The lowest BCUT2D eigenvalue weighted by atomic mass is 10.3. The van der Waals surface area contributed by atoms with E-state index in [0.29, 0.717) is 0 Å². The van der Waals surface area contributed by atoms with Crippen molar-refractivity contribution in [3.05, 3.63) is 27.4 Å². The third-order valence-electron chi connectivity index (χ3n) is 2.76. The maximum absolute atomic E-state index is 4.65. The van der Waals surface area contributed by atoms with Crippen LogP contribution in [0.4, 0.5) is 0 Å². The molecule has 0 atom stereocenters. The smallest absolute Gasteiger partial charge is 0.110 e. The van der Waals surface area contributed by atoms with Crippen molar-refractivity contribution in [2.45, 2.75) is 13.3 Å². The fraction of sp³-hybridized carbons (Fsp3) is 0.417. The molecule has 2 aromatic heterocycles. The number of aryl methyl sites for hydroxylation is 1. The molecule has 2 aromatic rings. The van der Waals surface area contributed by atoms with Crippen molar-refractivity contribution in [1.82, 2.24) is 14.9 Å². The SMILES string of the molecule is CNCCc1nc(C)c(-c2cc(Br)cs2)n1C. The molecule has 92 valence electrons. The minimum atomic E-state index is 0.956. The Bertz CT molecular complexity index is 516. The van der Waals surface area contributed by atoms with Gasteiger partial charge in [-0.1, -0.05) is 0 Å². The van der Waals surface area contributed by atoms with Gasteiger partial charge in [-0.25, -0.2) is 4.98 Å². The molecule has 3 nitrogen and oxygen atoms in total. The molecule has 0 radical (unpaired) electrons. The highest BCUT2D eigenvalue weighted by Gasteiger charge is 2.14. The van der Waals surface area contributed by atoms with E-state index in [4.69, 9.17) is 0 Å². The van der Waals surface area contributed by atoms with E-state index < -0.39 is 0 Å². The highest BCUT2D eigenvalue weighted by atomic mass is 79.9. The molecule has 17 heavy (non-hydrogen) atoms.